The molecule has 0 atom stereocenters. The molecule has 3 rings (SSSR count). The fraction of sp³-hybridized carbons (Fsp3) is 0.120. The number of carbonyl (C=O) groups is 3. The number of ether oxygens (including phenoxy) is 1. The van der Waals surface area contributed by atoms with Gasteiger partial charge in [-0.25, -0.2) is 9.59 Å². The molecule has 0 aliphatic rings. The number of aromatic carboxylic acids is 1. The third kappa shape index (κ3) is 4.99. The van der Waals surface area contributed by atoms with E-state index < -0.39 is 17.8 Å². The van der Waals surface area contributed by atoms with Crippen LogP contribution in [-0.4, -0.2) is 34.6 Å². The van der Waals surface area contributed by atoms with Gasteiger partial charge in [-0.15, -0.1) is 0 Å². The van der Waals surface area contributed by atoms with E-state index in [1.807, 2.05) is 30.6 Å². The Morgan fingerprint density at radius 1 is 1.06 bits per heavy atom. The minimum Gasteiger partial charge on any atom is -0.478 e. The lowest BCUT2D eigenvalue weighted by molar-refractivity contribution is -0.112. The molecule has 1 amide bonds. The van der Waals surface area contributed by atoms with Crippen LogP contribution in [0.2, 0.25) is 0 Å². The number of hydrogen-bond acceptors (Lipinski definition) is 5. The molecule has 33 heavy (non-hydrogen) atoms. The average Bonchev–Trinajstić information content (AvgIpc) is 3.09. The van der Waals surface area contributed by atoms with E-state index in [4.69, 9.17) is 9.84 Å². The van der Waals surface area contributed by atoms with Crippen LogP contribution in [0.4, 0.5) is 5.69 Å². The lowest BCUT2D eigenvalue weighted by Crippen LogP contribution is -2.14. The molecule has 0 unspecified atom stereocenters. The summed E-state index contributed by atoms with van der Waals surface area (Å²) < 4.78 is 6.66. The summed E-state index contributed by atoms with van der Waals surface area (Å²) in [6.07, 6.45) is 1.48. The number of aromatic nitrogens is 1. The first-order chi connectivity index (χ1) is 15.7. The number of benzene rings is 2. The van der Waals surface area contributed by atoms with Crippen molar-refractivity contribution in [3.63, 3.8) is 0 Å². The van der Waals surface area contributed by atoms with Crippen LogP contribution < -0.4 is 5.32 Å². The summed E-state index contributed by atoms with van der Waals surface area (Å²) in [5.74, 6) is -2.19. The molecule has 1 heterocycles. The van der Waals surface area contributed by atoms with Crippen molar-refractivity contribution in [2.45, 2.75) is 13.8 Å². The van der Waals surface area contributed by atoms with Crippen molar-refractivity contribution >= 4 is 29.6 Å². The van der Waals surface area contributed by atoms with Crippen molar-refractivity contribution in [2.24, 2.45) is 0 Å². The molecule has 0 radical (unpaired) electrons. The van der Waals surface area contributed by atoms with Gasteiger partial charge in [0.25, 0.3) is 5.91 Å². The van der Waals surface area contributed by atoms with Crippen molar-refractivity contribution < 1.29 is 24.2 Å². The Balaban J connectivity index is 1.90. The molecule has 0 aliphatic carbocycles. The molecule has 0 fully saturated rings. The molecule has 2 N–H and O–H groups in total. The van der Waals surface area contributed by atoms with Crippen LogP contribution in [0.25, 0.3) is 11.8 Å². The molecule has 1 aromatic heterocycles. The highest BCUT2D eigenvalue weighted by Crippen LogP contribution is 2.24. The number of hydrogen-bond donors (Lipinski definition) is 2. The number of nitrogens with zero attached hydrogens (tertiary/aromatic N) is 2. The predicted octanol–water partition coefficient (Wildman–Crippen LogP) is 4.12. The fourth-order valence-corrected chi connectivity index (χ4v) is 3.43. The Bertz CT molecular complexity index is 1310. The van der Waals surface area contributed by atoms with Gasteiger partial charge in [-0.05, 0) is 74.0 Å². The smallest absolute Gasteiger partial charge is 0.337 e. The number of esters is 1. The van der Waals surface area contributed by atoms with Crippen LogP contribution in [-0.2, 0) is 9.53 Å². The third-order valence-corrected chi connectivity index (χ3v) is 5.05. The molecule has 0 aliphatic heterocycles. The van der Waals surface area contributed by atoms with E-state index in [0.29, 0.717) is 11.1 Å². The van der Waals surface area contributed by atoms with Gasteiger partial charge in [0, 0.05) is 22.8 Å². The standard InChI is InChI=1S/C25H21N3O5/c1-15-11-19(16(2)28(15)22-9-7-17(8-10-22)25(32)33-3)12-20(14-26)23(29)27-21-6-4-5-18(13-21)24(30)31/h4-13H,1-3H3,(H,27,29)(H,30,31). The summed E-state index contributed by atoms with van der Waals surface area (Å²) in [5, 5.41) is 21.2. The normalized spacial score (nSPS) is 10.9. The van der Waals surface area contributed by atoms with E-state index in [1.54, 1.807) is 30.3 Å². The number of carboxylic acid groups (broad SMARTS) is 1. The quantitative estimate of drug-likeness (QED) is 0.336. The number of rotatable bonds is 6. The Morgan fingerprint density at radius 2 is 1.76 bits per heavy atom. The summed E-state index contributed by atoms with van der Waals surface area (Å²) in [6.45, 7) is 3.75. The highest BCUT2D eigenvalue weighted by Gasteiger charge is 2.15. The number of carbonyl (C=O) groups excluding carboxylic acids is 2. The van der Waals surface area contributed by atoms with E-state index in [9.17, 15) is 19.6 Å². The van der Waals surface area contributed by atoms with Crippen molar-refractivity contribution in [1.82, 2.24) is 4.57 Å². The third-order valence-electron chi connectivity index (χ3n) is 5.05. The number of nitrogens with one attached hydrogen (secondary N) is 1. The van der Waals surface area contributed by atoms with Gasteiger partial charge < -0.3 is 19.7 Å². The number of methoxy groups -OCH3 is 1. The fourth-order valence-electron chi connectivity index (χ4n) is 3.43. The highest BCUT2D eigenvalue weighted by atomic mass is 16.5. The van der Waals surface area contributed by atoms with Gasteiger partial charge in [-0.1, -0.05) is 6.07 Å². The molecule has 0 saturated heterocycles. The van der Waals surface area contributed by atoms with E-state index in [-0.39, 0.29) is 16.8 Å². The van der Waals surface area contributed by atoms with Gasteiger partial charge in [-0.2, -0.15) is 5.26 Å². The molecule has 0 bridgehead atoms. The first-order valence-corrected chi connectivity index (χ1v) is 9.89. The number of amides is 1. The van der Waals surface area contributed by atoms with Gasteiger partial charge in [0.2, 0.25) is 0 Å². The van der Waals surface area contributed by atoms with E-state index >= 15 is 0 Å². The molecule has 8 heteroatoms. The molecule has 0 spiro atoms. The van der Waals surface area contributed by atoms with Crippen LogP contribution in [0, 0.1) is 25.2 Å². The molecule has 3 aromatic rings. The van der Waals surface area contributed by atoms with E-state index in [0.717, 1.165) is 17.1 Å². The SMILES string of the molecule is COC(=O)c1ccc(-n2c(C)cc(C=C(C#N)C(=O)Nc3cccc(C(=O)O)c3)c2C)cc1. The summed E-state index contributed by atoms with van der Waals surface area (Å²) in [6, 6.07) is 16.4. The van der Waals surface area contributed by atoms with Crippen LogP contribution in [0.5, 0.6) is 0 Å². The Morgan fingerprint density at radius 3 is 2.36 bits per heavy atom. The maximum Gasteiger partial charge on any atom is 0.337 e. The molecule has 0 saturated carbocycles. The summed E-state index contributed by atoms with van der Waals surface area (Å²) in [5.41, 5.74) is 3.76. The van der Waals surface area contributed by atoms with Crippen LogP contribution in [0.1, 0.15) is 37.7 Å². The molecular weight excluding hydrogens is 422 g/mol. The first kappa shape index (κ1) is 23.0. The second-order valence-electron chi connectivity index (χ2n) is 7.21. The second kappa shape index (κ2) is 9.66. The van der Waals surface area contributed by atoms with Gasteiger partial charge in [0.15, 0.2) is 0 Å². The minimum absolute atomic E-state index is 0.0250. The van der Waals surface area contributed by atoms with Crippen LogP contribution >= 0.6 is 0 Å². The molecular formula is C25H21N3O5. The lowest BCUT2D eigenvalue weighted by atomic mass is 10.1. The van der Waals surface area contributed by atoms with Gasteiger partial charge in [-0.3, -0.25) is 4.79 Å². The molecule has 8 nitrogen and oxygen atoms in total. The zero-order chi connectivity index (χ0) is 24.1. The Kier molecular flexibility index (Phi) is 6.74. The summed E-state index contributed by atoms with van der Waals surface area (Å²) >= 11 is 0. The number of carboxylic acids is 1. The number of anilines is 1. The molecule has 2 aromatic carbocycles. The lowest BCUT2D eigenvalue weighted by Gasteiger charge is -2.10. The highest BCUT2D eigenvalue weighted by molar-refractivity contribution is 6.10. The van der Waals surface area contributed by atoms with Gasteiger partial charge in [0.1, 0.15) is 11.6 Å². The van der Waals surface area contributed by atoms with Crippen molar-refractivity contribution in [3.8, 4) is 11.8 Å². The Labute approximate surface area is 190 Å². The van der Waals surface area contributed by atoms with Crippen LogP contribution in [0.3, 0.4) is 0 Å². The Hall–Kier alpha value is -4.64. The van der Waals surface area contributed by atoms with Gasteiger partial charge in [0.05, 0.1) is 18.2 Å². The number of aryl methyl sites for hydroxylation is 1. The predicted molar refractivity (Wildman–Crippen MR) is 122 cm³/mol. The molecule has 166 valence electrons. The van der Waals surface area contributed by atoms with E-state index in [2.05, 4.69) is 5.32 Å². The summed E-state index contributed by atoms with van der Waals surface area (Å²) in [4.78, 5) is 35.4. The monoisotopic (exact) mass is 443 g/mol. The average molecular weight is 443 g/mol. The van der Waals surface area contributed by atoms with Crippen LogP contribution in [0.15, 0.2) is 60.2 Å². The largest absolute Gasteiger partial charge is 0.478 e. The zero-order valence-electron chi connectivity index (χ0n) is 18.2. The van der Waals surface area contributed by atoms with Crippen molar-refractivity contribution in [2.75, 3.05) is 12.4 Å². The maximum absolute atomic E-state index is 12.6. The van der Waals surface area contributed by atoms with Crippen molar-refractivity contribution in [3.05, 3.63) is 88.2 Å². The van der Waals surface area contributed by atoms with Gasteiger partial charge >= 0.3 is 11.9 Å². The maximum atomic E-state index is 12.6. The first-order valence-electron chi connectivity index (χ1n) is 9.89. The van der Waals surface area contributed by atoms with Crippen molar-refractivity contribution in [1.29, 1.82) is 5.26 Å². The topological polar surface area (TPSA) is 121 Å². The number of nitriles is 1. The second-order valence-corrected chi connectivity index (χ2v) is 7.21. The van der Waals surface area contributed by atoms with E-state index in [1.165, 1.54) is 31.4 Å². The minimum atomic E-state index is -1.12. The summed E-state index contributed by atoms with van der Waals surface area (Å²) in [7, 11) is 1.32. The zero-order valence-corrected chi connectivity index (χ0v) is 18.2.